The van der Waals surface area contributed by atoms with Crippen LogP contribution in [0.5, 0.6) is 0 Å². The van der Waals surface area contributed by atoms with Crippen molar-refractivity contribution in [3.8, 4) is 0 Å². The van der Waals surface area contributed by atoms with Crippen molar-refractivity contribution in [1.29, 1.82) is 0 Å². The molecule has 8 nitrogen and oxygen atoms in total. The van der Waals surface area contributed by atoms with Gasteiger partial charge in [0.15, 0.2) is 0 Å². The van der Waals surface area contributed by atoms with Gasteiger partial charge in [-0.25, -0.2) is 22.9 Å². The van der Waals surface area contributed by atoms with Gasteiger partial charge in [-0.15, -0.1) is 0 Å². The van der Waals surface area contributed by atoms with Crippen LogP contribution in [0.15, 0.2) is 33.8 Å². The lowest BCUT2D eigenvalue weighted by atomic mass is 9.88. The van der Waals surface area contributed by atoms with Crippen LogP contribution in [0.25, 0.3) is 0 Å². The van der Waals surface area contributed by atoms with Crippen molar-refractivity contribution in [1.82, 2.24) is 9.97 Å². The minimum absolute atomic E-state index is 0.0284. The van der Waals surface area contributed by atoms with E-state index in [2.05, 4.69) is 24.6 Å². The molecule has 0 aliphatic carbocycles. The first-order valence-corrected chi connectivity index (χ1v) is 13.0. The monoisotopic (exact) mass is 506 g/mol. The zero-order chi connectivity index (χ0) is 24.9. The Labute approximate surface area is 203 Å². The summed E-state index contributed by atoms with van der Waals surface area (Å²) in [5.74, 6) is -0.859. The summed E-state index contributed by atoms with van der Waals surface area (Å²) in [6.07, 6.45) is 3.50. The molecular weight excluding hydrogens is 479 g/mol. The molecule has 0 aromatic carbocycles. The number of carbonyl (C=O) groups excluding carboxylic acids is 1. The minimum Gasteiger partial charge on any atom is -0.386 e. The van der Waals surface area contributed by atoms with Gasteiger partial charge in [0.05, 0.1) is 20.0 Å². The molecule has 2 aliphatic heterocycles. The number of nitrogens with one attached hydrogen (secondary N) is 1. The molecule has 0 radical (unpaired) electrons. The average molecular weight is 507 g/mol. The van der Waals surface area contributed by atoms with Crippen LogP contribution >= 0.6 is 11.6 Å². The number of pyridine rings is 2. The average Bonchev–Trinajstić information content (AvgIpc) is 2.97. The van der Waals surface area contributed by atoms with E-state index in [0.717, 1.165) is 12.8 Å². The van der Waals surface area contributed by atoms with Crippen molar-refractivity contribution in [3.05, 3.63) is 52.2 Å². The van der Waals surface area contributed by atoms with Gasteiger partial charge in [0, 0.05) is 12.7 Å². The Balaban J connectivity index is 1.80. The van der Waals surface area contributed by atoms with Crippen LogP contribution in [0.1, 0.15) is 61.8 Å². The maximum atomic E-state index is 15.2. The Bertz CT molecular complexity index is 1320. The van der Waals surface area contributed by atoms with Gasteiger partial charge in [-0.1, -0.05) is 18.0 Å². The minimum atomic E-state index is -2.90. The molecule has 4 heterocycles. The topological polar surface area (TPSA) is 123 Å². The van der Waals surface area contributed by atoms with Crippen molar-refractivity contribution in [2.45, 2.75) is 62.5 Å². The largest absolute Gasteiger partial charge is 0.386 e. The molecular formula is C23H28ClFN6O2S. The fraction of sp³-hybridized carbons (Fsp3) is 0.478. The molecule has 2 aromatic rings. The van der Waals surface area contributed by atoms with E-state index in [1.807, 2.05) is 0 Å². The maximum Gasteiger partial charge on any atom is 0.275 e. The quantitative estimate of drug-likeness (QED) is 0.645. The molecule has 0 saturated carbocycles. The Kier molecular flexibility index (Phi) is 6.18. The van der Waals surface area contributed by atoms with Crippen LogP contribution in [0.4, 0.5) is 10.2 Å². The van der Waals surface area contributed by atoms with Crippen molar-refractivity contribution >= 4 is 38.9 Å². The highest BCUT2D eigenvalue weighted by molar-refractivity contribution is 7.96. The number of hydrogen-bond donors (Lipinski definition) is 2. The molecule has 3 N–H and O–H groups in total. The normalized spacial score (nSPS) is 28.2. The highest BCUT2D eigenvalue weighted by Gasteiger charge is 2.56. The van der Waals surface area contributed by atoms with Gasteiger partial charge in [-0.2, -0.15) is 0 Å². The molecule has 0 fully saturated rings. The molecule has 0 spiro atoms. The first-order chi connectivity index (χ1) is 15.9. The van der Waals surface area contributed by atoms with Gasteiger partial charge in [-0.05, 0) is 64.3 Å². The summed E-state index contributed by atoms with van der Waals surface area (Å²) in [7, 11) is -2.90. The van der Waals surface area contributed by atoms with Crippen LogP contribution < -0.4 is 11.1 Å². The van der Waals surface area contributed by atoms with E-state index in [9.17, 15) is 9.00 Å². The van der Waals surface area contributed by atoms with Gasteiger partial charge in [-0.3, -0.25) is 9.79 Å². The fourth-order valence-corrected chi connectivity index (χ4v) is 8.08. The summed E-state index contributed by atoms with van der Waals surface area (Å²) in [6, 6.07) is 4.20. The summed E-state index contributed by atoms with van der Waals surface area (Å²) in [6.45, 7) is 7.42. The second-order valence-electron chi connectivity index (χ2n) is 9.36. The highest BCUT2D eigenvalue weighted by Crippen LogP contribution is 2.46. The van der Waals surface area contributed by atoms with E-state index in [-0.39, 0.29) is 23.0 Å². The standard InChI is InChI=1S/C23H28ClFN6O2S/c1-13-11-14(24)12-27-18(13)20(32)30-17-9-8-15(25)19(29-17)23(4)16-7-5-6-10-28-34(16,33)22(2,3)21(26)31-23/h8-9,11-12,16H,5-7,10H2,1-4H3,(H2,26,31)(H,29,30,32)/t16-,23+,34-/m1/s1. The predicted molar refractivity (Wildman–Crippen MR) is 132 cm³/mol. The molecule has 0 unspecified atom stereocenters. The van der Waals surface area contributed by atoms with E-state index in [1.54, 1.807) is 33.8 Å². The number of carbonyl (C=O) groups is 1. The second kappa shape index (κ2) is 8.57. The molecule has 34 heavy (non-hydrogen) atoms. The van der Waals surface area contributed by atoms with Gasteiger partial charge in [0.1, 0.15) is 39.1 Å². The summed E-state index contributed by atoms with van der Waals surface area (Å²) >= 11 is 5.93. The van der Waals surface area contributed by atoms with Crippen LogP contribution in [0.2, 0.25) is 5.02 Å². The number of aryl methyl sites for hydroxylation is 1. The summed E-state index contributed by atoms with van der Waals surface area (Å²) in [5.41, 5.74) is 5.74. The van der Waals surface area contributed by atoms with E-state index in [4.69, 9.17) is 17.3 Å². The summed E-state index contributed by atoms with van der Waals surface area (Å²) < 4.78 is 33.2. The van der Waals surface area contributed by atoms with Crippen molar-refractivity contribution in [2.24, 2.45) is 15.1 Å². The van der Waals surface area contributed by atoms with Crippen molar-refractivity contribution < 1.29 is 13.4 Å². The Morgan fingerprint density at radius 2 is 2.03 bits per heavy atom. The molecule has 2 aliphatic rings. The van der Waals surface area contributed by atoms with Crippen LogP contribution in [0.3, 0.4) is 0 Å². The van der Waals surface area contributed by atoms with E-state index >= 15 is 4.39 Å². The van der Waals surface area contributed by atoms with Gasteiger partial charge >= 0.3 is 0 Å². The number of amides is 1. The summed E-state index contributed by atoms with van der Waals surface area (Å²) in [5, 5.41) is 2.50. The number of nitrogens with zero attached hydrogens (tertiary/aromatic N) is 4. The fourth-order valence-electron chi connectivity index (χ4n) is 4.63. The molecule has 0 saturated heterocycles. The molecule has 4 rings (SSSR count). The van der Waals surface area contributed by atoms with Gasteiger partial charge < -0.3 is 11.1 Å². The molecule has 11 heteroatoms. The SMILES string of the molecule is Cc1cc(Cl)cnc1C(=O)Nc1ccc(F)c([C@@]2(C)N=C(N)C(C)(C)[S@@]3(=O)=NCCCC[C@H]23)n1. The Hall–Kier alpha value is -2.59. The number of nitrogens with two attached hydrogens (primary N) is 1. The number of fused-ring (bicyclic) bond motifs is 1. The van der Waals surface area contributed by atoms with Gasteiger partial charge in [0.25, 0.3) is 5.91 Å². The van der Waals surface area contributed by atoms with E-state index in [0.29, 0.717) is 23.6 Å². The predicted octanol–water partition coefficient (Wildman–Crippen LogP) is 4.21. The molecule has 1 amide bonds. The second-order valence-corrected chi connectivity index (χ2v) is 12.8. The van der Waals surface area contributed by atoms with E-state index < -0.39 is 37.0 Å². The van der Waals surface area contributed by atoms with E-state index in [1.165, 1.54) is 18.3 Å². The van der Waals surface area contributed by atoms with Gasteiger partial charge in [0.2, 0.25) is 0 Å². The number of rotatable bonds is 3. The smallest absolute Gasteiger partial charge is 0.275 e. The summed E-state index contributed by atoms with van der Waals surface area (Å²) in [4.78, 5) is 26.0. The highest BCUT2D eigenvalue weighted by atomic mass is 35.5. The number of halogens is 2. The molecule has 0 bridgehead atoms. The lowest BCUT2D eigenvalue weighted by Gasteiger charge is -2.45. The zero-order valence-corrected chi connectivity index (χ0v) is 21.1. The molecule has 3 atom stereocenters. The van der Waals surface area contributed by atoms with Crippen molar-refractivity contribution in [3.63, 3.8) is 0 Å². The van der Waals surface area contributed by atoms with Crippen LogP contribution in [-0.2, 0) is 15.3 Å². The number of aliphatic imine (C=N–C) groups is 1. The van der Waals surface area contributed by atoms with Crippen LogP contribution in [-0.4, -0.2) is 42.5 Å². The third-order valence-electron chi connectivity index (χ3n) is 6.70. The lowest BCUT2D eigenvalue weighted by Crippen LogP contribution is -2.59. The van der Waals surface area contributed by atoms with Crippen LogP contribution in [0, 0.1) is 12.7 Å². The third kappa shape index (κ3) is 3.86. The number of amidine groups is 1. The first kappa shape index (κ1) is 24.5. The zero-order valence-electron chi connectivity index (χ0n) is 19.6. The third-order valence-corrected chi connectivity index (χ3v) is 10.6. The number of aromatic nitrogens is 2. The first-order valence-electron chi connectivity index (χ1n) is 11.1. The number of anilines is 1. The van der Waals surface area contributed by atoms with Crippen molar-refractivity contribution in [2.75, 3.05) is 11.9 Å². The molecule has 182 valence electrons. The molecule has 2 aromatic heterocycles. The number of hydrogen-bond acceptors (Lipinski definition) is 7. The Morgan fingerprint density at radius 1 is 1.29 bits per heavy atom. The maximum absolute atomic E-state index is 15.2. The lowest BCUT2D eigenvalue weighted by molar-refractivity contribution is 0.102. The Morgan fingerprint density at radius 3 is 2.74 bits per heavy atom.